The van der Waals surface area contributed by atoms with Crippen LogP contribution in [0.3, 0.4) is 0 Å². The molecular weight excluding hydrogens is 382 g/mol. The molecular formula is C19H17N3O3S2. The first kappa shape index (κ1) is 17.7. The molecule has 8 heteroatoms. The molecule has 0 aliphatic carbocycles. The van der Waals surface area contributed by atoms with Gasteiger partial charge in [0.05, 0.1) is 17.9 Å². The first-order chi connectivity index (χ1) is 13.1. The number of para-hydroxylation sites is 2. The van der Waals surface area contributed by atoms with Crippen molar-refractivity contribution >= 4 is 40.2 Å². The molecule has 4 rings (SSSR count). The number of carbonyl (C=O) groups excluding carboxylic acids is 2. The van der Waals surface area contributed by atoms with Gasteiger partial charge in [-0.05, 0) is 30.5 Å². The van der Waals surface area contributed by atoms with Crippen molar-refractivity contribution in [3.05, 3.63) is 51.7 Å². The highest BCUT2D eigenvalue weighted by molar-refractivity contribution is 7.17. The van der Waals surface area contributed by atoms with Crippen LogP contribution in [0.1, 0.15) is 15.4 Å². The van der Waals surface area contributed by atoms with E-state index in [0.29, 0.717) is 22.0 Å². The molecule has 0 spiro atoms. The molecule has 1 aliphatic heterocycles. The molecule has 0 saturated carbocycles. The summed E-state index contributed by atoms with van der Waals surface area (Å²) >= 11 is 2.97. The summed E-state index contributed by atoms with van der Waals surface area (Å²) in [5.74, 6) is 0.0874. The van der Waals surface area contributed by atoms with Crippen molar-refractivity contribution in [2.24, 2.45) is 0 Å². The highest BCUT2D eigenvalue weighted by Crippen LogP contribution is 2.36. The number of likely N-dealkylation sites (N-methyl/N-ethyl adjacent to an activating group) is 1. The summed E-state index contributed by atoms with van der Waals surface area (Å²) in [4.78, 5) is 32.2. The van der Waals surface area contributed by atoms with Crippen LogP contribution in [0.15, 0.2) is 41.1 Å². The zero-order valence-electron chi connectivity index (χ0n) is 14.8. The first-order valence-corrected chi connectivity index (χ1v) is 10.1. The summed E-state index contributed by atoms with van der Waals surface area (Å²) in [6, 6.07) is 9.24. The minimum Gasteiger partial charge on any atom is -0.477 e. The van der Waals surface area contributed by atoms with Crippen molar-refractivity contribution in [3.63, 3.8) is 0 Å². The van der Waals surface area contributed by atoms with Gasteiger partial charge in [-0.15, -0.1) is 11.3 Å². The third kappa shape index (κ3) is 3.22. The summed E-state index contributed by atoms with van der Waals surface area (Å²) < 4.78 is 5.78. The highest BCUT2D eigenvalue weighted by atomic mass is 32.1. The summed E-state index contributed by atoms with van der Waals surface area (Å²) in [6.45, 7) is 1.99. The molecule has 6 nitrogen and oxygen atoms in total. The third-order valence-electron chi connectivity index (χ3n) is 4.32. The minimum atomic E-state index is -0.751. The van der Waals surface area contributed by atoms with Crippen molar-refractivity contribution in [1.29, 1.82) is 0 Å². The number of rotatable bonds is 3. The summed E-state index contributed by atoms with van der Waals surface area (Å²) in [6.07, 6.45) is -0.751. The Morgan fingerprint density at radius 3 is 2.85 bits per heavy atom. The monoisotopic (exact) mass is 399 g/mol. The van der Waals surface area contributed by atoms with E-state index in [1.165, 1.54) is 11.3 Å². The van der Waals surface area contributed by atoms with Gasteiger partial charge in [-0.25, -0.2) is 4.98 Å². The van der Waals surface area contributed by atoms with Crippen LogP contribution in [0.4, 0.5) is 5.69 Å². The van der Waals surface area contributed by atoms with Gasteiger partial charge in [-0.1, -0.05) is 12.1 Å². The Bertz CT molecular complexity index is 998. The van der Waals surface area contributed by atoms with E-state index in [9.17, 15) is 9.59 Å². The number of hydrogen-bond donors (Lipinski definition) is 1. The van der Waals surface area contributed by atoms with E-state index in [1.807, 2.05) is 41.9 Å². The zero-order chi connectivity index (χ0) is 19.0. The fourth-order valence-corrected chi connectivity index (χ4v) is 4.68. The van der Waals surface area contributed by atoms with Crippen molar-refractivity contribution < 1.29 is 14.3 Å². The lowest BCUT2D eigenvalue weighted by Gasteiger charge is -2.33. The molecule has 1 unspecified atom stereocenters. The normalized spacial score (nSPS) is 15.8. The lowest BCUT2D eigenvalue weighted by molar-refractivity contribution is -0.127. The fraction of sp³-hybridized carbons (Fsp3) is 0.211. The second-order valence-corrected chi connectivity index (χ2v) is 7.83. The Balaban J connectivity index is 1.71. The summed E-state index contributed by atoms with van der Waals surface area (Å²) in [7, 11) is 1.55. The quantitative estimate of drug-likeness (QED) is 0.733. The van der Waals surface area contributed by atoms with Gasteiger partial charge >= 0.3 is 0 Å². The number of thiophene rings is 1. The molecule has 1 aliphatic rings. The highest BCUT2D eigenvalue weighted by Gasteiger charge is 2.35. The fourth-order valence-electron chi connectivity index (χ4n) is 2.95. The van der Waals surface area contributed by atoms with Gasteiger partial charge in [0, 0.05) is 18.0 Å². The van der Waals surface area contributed by atoms with Crippen LogP contribution in [0.25, 0.3) is 10.6 Å². The van der Waals surface area contributed by atoms with Crippen LogP contribution in [-0.2, 0) is 4.79 Å². The van der Waals surface area contributed by atoms with E-state index >= 15 is 0 Å². The Morgan fingerprint density at radius 1 is 1.30 bits per heavy atom. The Morgan fingerprint density at radius 2 is 2.11 bits per heavy atom. The lowest BCUT2D eigenvalue weighted by Crippen LogP contribution is -2.50. The van der Waals surface area contributed by atoms with Crippen LogP contribution in [0.5, 0.6) is 5.75 Å². The molecule has 2 amide bonds. The Labute approximate surface area is 164 Å². The number of aryl methyl sites for hydroxylation is 1. The van der Waals surface area contributed by atoms with Crippen LogP contribution in [0, 0.1) is 6.92 Å². The Kier molecular flexibility index (Phi) is 4.67. The second-order valence-electron chi connectivity index (χ2n) is 6.05. The number of fused-ring (bicyclic) bond motifs is 1. The molecule has 0 bridgehead atoms. The predicted octanol–water partition coefficient (Wildman–Crippen LogP) is 3.33. The van der Waals surface area contributed by atoms with Crippen LogP contribution in [0.2, 0.25) is 0 Å². The maximum Gasteiger partial charge on any atom is 0.270 e. The average molecular weight is 399 g/mol. The van der Waals surface area contributed by atoms with Gasteiger partial charge in [0.1, 0.15) is 15.6 Å². The molecule has 1 atom stereocenters. The topological polar surface area (TPSA) is 71.5 Å². The molecule has 27 heavy (non-hydrogen) atoms. The number of ether oxygens (including phenoxy) is 1. The SMILES string of the molecule is CNC(=O)C1CN(C(=O)c2sc(-c3ccsc3)nc2C)c2ccccc2O1. The standard InChI is InChI=1S/C19H17N3O3S2/c1-11-16(27-18(21-11)12-7-8-26-10-12)19(24)22-9-15(17(23)20-2)25-14-6-4-3-5-13(14)22/h3-8,10,15H,9H2,1-2H3,(H,20,23). The summed E-state index contributed by atoms with van der Waals surface area (Å²) in [5.41, 5.74) is 2.36. The van der Waals surface area contributed by atoms with Gasteiger partial charge in [-0.3, -0.25) is 14.5 Å². The number of thiazole rings is 1. The number of benzene rings is 1. The third-order valence-corrected chi connectivity index (χ3v) is 6.19. The number of nitrogens with zero attached hydrogens (tertiary/aromatic N) is 2. The molecule has 0 fully saturated rings. The maximum atomic E-state index is 13.3. The molecule has 1 aromatic carbocycles. The number of aromatic nitrogens is 1. The molecule has 0 saturated heterocycles. The number of hydrogen-bond acceptors (Lipinski definition) is 6. The molecule has 0 radical (unpaired) electrons. The smallest absolute Gasteiger partial charge is 0.270 e. The van der Waals surface area contributed by atoms with E-state index in [0.717, 1.165) is 10.6 Å². The van der Waals surface area contributed by atoms with E-state index in [2.05, 4.69) is 10.3 Å². The van der Waals surface area contributed by atoms with Gasteiger partial charge in [0.2, 0.25) is 0 Å². The van der Waals surface area contributed by atoms with Crippen molar-refractivity contribution in [2.75, 3.05) is 18.5 Å². The maximum absolute atomic E-state index is 13.3. The number of amides is 2. The number of anilines is 1. The lowest BCUT2D eigenvalue weighted by atomic mass is 10.1. The van der Waals surface area contributed by atoms with Crippen molar-refractivity contribution in [1.82, 2.24) is 10.3 Å². The molecule has 1 N–H and O–H groups in total. The zero-order valence-corrected chi connectivity index (χ0v) is 16.4. The van der Waals surface area contributed by atoms with Gasteiger partial charge in [0.15, 0.2) is 6.10 Å². The number of carbonyl (C=O) groups is 2. The van der Waals surface area contributed by atoms with Crippen molar-refractivity contribution in [3.8, 4) is 16.3 Å². The molecule has 2 aromatic heterocycles. The molecule has 3 aromatic rings. The van der Waals surface area contributed by atoms with Gasteiger partial charge in [0.25, 0.3) is 11.8 Å². The first-order valence-electron chi connectivity index (χ1n) is 8.37. The van der Waals surface area contributed by atoms with Crippen LogP contribution < -0.4 is 15.0 Å². The van der Waals surface area contributed by atoms with Gasteiger partial charge in [-0.2, -0.15) is 11.3 Å². The molecule has 138 valence electrons. The van der Waals surface area contributed by atoms with E-state index in [1.54, 1.807) is 29.4 Å². The van der Waals surface area contributed by atoms with E-state index in [4.69, 9.17) is 4.74 Å². The van der Waals surface area contributed by atoms with E-state index in [-0.39, 0.29) is 18.4 Å². The average Bonchev–Trinajstić information content (AvgIpc) is 3.35. The van der Waals surface area contributed by atoms with Crippen molar-refractivity contribution in [2.45, 2.75) is 13.0 Å². The Hall–Kier alpha value is -2.71. The second kappa shape index (κ2) is 7.13. The predicted molar refractivity (Wildman–Crippen MR) is 107 cm³/mol. The largest absolute Gasteiger partial charge is 0.477 e. The van der Waals surface area contributed by atoms with Crippen LogP contribution in [-0.4, -0.2) is 36.5 Å². The van der Waals surface area contributed by atoms with Gasteiger partial charge < -0.3 is 10.1 Å². The molecule has 3 heterocycles. The number of nitrogens with one attached hydrogen (secondary N) is 1. The summed E-state index contributed by atoms with van der Waals surface area (Å²) in [5, 5.41) is 7.41. The van der Waals surface area contributed by atoms with E-state index < -0.39 is 6.10 Å². The van der Waals surface area contributed by atoms with Crippen LogP contribution >= 0.6 is 22.7 Å². The minimum absolute atomic E-state index is 0.153.